The van der Waals surface area contributed by atoms with E-state index in [1.54, 1.807) is 7.05 Å². The first-order chi connectivity index (χ1) is 12.4. The van der Waals surface area contributed by atoms with Crippen molar-refractivity contribution in [1.29, 1.82) is 0 Å². The fourth-order valence-electron chi connectivity index (χ4n) is 2.65. The molecule has 0 bridgehead atoms. The number of β-amino-alcohol motifs (C(OH)–C–C–N with tert-alkyl or cyclic N) is 1. The molecule has 7 nitrogen and oxygen atoms in total. The van der Waals surface area contributed by atoms with Crippen LogP contribution < -0.4 is 9.64 Å². The molecule has 0 spiro atoms. The lowest BCUT2D eigenvalue weighted by Crippen LogP contribution is -2.34. The number of anilines is 1. The average Bonchev–Trinajstić information content (AvgIpc) is 3.18. The number of nitrogens with zero attached hydrogens (tertiary/aromatic N) is 4. The Kier molecular flexibility index (Phi) is 5.79. The molecule has 0 radical (unpaired) electrons. The molecule has 0 aliphatic carbocycles. The molecule has 1 aromatic carbocycles. The zero-order valence-electron chi connectivity index (χ0n) is 14.8. The maximum Gasteiger partial charge on any atom is 0.328 e. The number of halogens is 1. The minimum atomic E-state index is -0.914. The van der Waals surface area contributed by atoms with Gasteiger partial charge in [0.05, 0.1) is 6.54 Å². The molecule has 3 unspecified atom stereocenters. The molecule has 26 heavy (non-hydrogen) atoms. The summed E-state index contributed by atoms with van der Waals surface area (Å²) in [5, 5.41) is 19.6. The Balaban J connectivity index is 1.85. The predicted molar refractivity (Wildman–Crippen MR) is 103 cm³/mol. The lowest BCUT2D eigenvalue weighted by Gasteiger charge is -2.22. The summed E-state index contributed by atoms with van der Waals surface area (Å²) in [6, 6.07) is 7.34. The molecule has 2 amide bonds. The van der Waals surface area contributed by atoms with Gasteiger partial charge < -0.3 is 14.7 Å². The highest BCUT2D eigenvalue weighted by Crippen LogP contribution is 2.36. The molecule has 3 rings (SSSR count). The van der Waals surface area contributed by atoms with Crippen LogP contribution in [0.25, 0.3) is 0 Å². The molecule has 1 fully saturated rings. The van der Waals surface area contributed by atoms with Crippen LogP contribution in [0.1, 0.15) is 31.4 Å². The third-order valence-corrected chi connectivity index (χ3v) is 5.90. The van der Waals surface area contributed by atoms with Crippen LogP contribution in [-0.4, -0.2) is 46.1 Å². The van der Waals surface area contributed by atoms with E-state index in [4.69, 9.17) is 4.74 Å². The van der Waals surface area contributed by atoms with Gasteiger partial charge in [-0.05, 0) is 36.6 Å². The highest BCUT2D eigenvalue weighted by atomic mass is 79.9. The van der Waals surface area contributed by atoms with Gasteiger partial charge in [0.25, 0.3) is 0 Å². The van der Waals surface area contributed by atoms with Crippen molar-refractivity contribution in [2.24, 2.45) is 5.92 Å². The highest BCUT2D eigenvalue weighted by molar-refractivity contribution is 9.10. The second kappa shape index (κ2) is 7.89. The molecule has 1 aromatic heterocycles. The van der Waals surface area contributed by atoms with Crippen molar-refractivity contribution in [3.8, 4) is 5.75 Å². The number of aliphatic hydroxyl groups excluding tert-OH is 1. The maximum absolute atomic E-state index is 12.2. The third kappa shape index (κ3) is 3.84. The predicted octanol–water partition coefficient (Wildman–Crippen LogP) is 3.66. The fraction of sp³-hybridized carbons (Fsp3) is 0.471. The van der Waals surface area contributed by atoms with Gasteiger partial charge in [0.15, 0.2) is 17.3 Å². The summed E-state index contributed by atoms with van der Waals surface area (Å²) in [5.74, 6) is 0.952. The van der Waals surface area contributed by atoms with Crippen LogP contribution in [0.5, 0.6) is 5.75 Å². The lowest BCUT2D eigenvalue weighted by atomic mass is 10.0. The van der Waals surface area contributed by atoms with E-state index in [1.165, 1.54) is 21.1 Å². The number of carbonyl (C=O) groups is 1. The van der Waals surface area contributed by atoms with Gasteiger partial charge in [-0.2, -0.15) is 0 Å². The maximum atomic E-state index is 12.2. The van der Waals surface area contributed by atoms with Crippen molar-refractivity contribution in [2.75, 3.05) is 18.5 Å². The van der Waals surface area contributed by atoms with Crippen LogP contribution in [0, 0.1) is 5.92 Å². The molecule has 0 saturated carbocycles. The smallest absolute Gasteiger partial charge is 0.328 e. The van der Waals surface area contributed by atoms with E-state index in [-0.39, 0.29) is 24.6 Å². The monoisotopic (exact) mass is 440 g/mol. The number of rotatable bonds is 6. The Labute approximate surface area is 164 Å². The molecule has 9 heteroatoms. The number of likely N-dealkylation sites (N-methyl/N-ethyl adjacent to an activating group) is 1. The van der Waals surface area contributed by atoms with Gasteiger partial charge in [-0.3, -0.25) is 0 Å². The number of hydrogen-bond donors (Lipinski definition) is 1. The van der Waals surface area contributed by atoms with Crippen molar-refractivity contribution in [3.63, 3.8) is 0 Å². The normalized spacial score (nSPS) is 19.7. The Hall–Kier alpha value is -1.71. The van der Waals surface area contributed by atoms with Gasteiger partial charge in [0.2, 0.25) is 5.13 Å². The molecular weight excluding hydrogens is 420 g/mol. The third-order valence-electron chi connectivity index (χ3n) is 4.38. The standard InChI is InChI=1S/C17H21BrN4O3S/c1-4-10(2)14(25-12-7-5-11(18)6-8-12)15-19-20-16(26-15)22-13(23)9-21(3)17(22)24/h5-8,10,13-14,23H,4,9H2,1-3H3. The van der Waals surface area contributed by atoms with Crippen LogP contribution in [0.2, 0.25) is 0 Å². The van der Waals surface area contributed by atoms with E-state index >= 15 is 0 Å². The Morgan fingerprint density at radius 3 is 2.65 bits per heavy atom. The summed E-state index contributed by atoms with van der Waals surface area (Å²) >= 11 is 4.69. The summed E-state index contributed by atoms with van der Waals surface area (Å²) in [4.78, 5) is 14.9. The van der Waals surface area contributed by atoms with Crippen LogP contribution in [0.3, 0.4) is 0 Å². The first-order valence-corrected chi connectivity index (χ1v) is 9.99. The van der Waals surface area contributed by atoms with Crippen molar-refractivity contribution < 1.29 is 14.6 Å². The van der Waals surface area contributed by atoms with Crippen molar-refractivity contribution in [2.45, 2.75) is 32.6 Å². The molecule has 1 aliphatic rings. The van der Waals surface area contributed by atoms with Gasteiger partial charge >= 0.3 is 6.03 Å². The van der Waals surface area contributed by atoms with Crippen LogP contribution >= 0.6 is 27.3 Å². The second-order valence-electron chi connectivity index (χ2n) is 6.31. The topological polar surface area (TPSA) is 78.8 Å². The molecular formula is C17H21BrN4O3S. The van der Waals surface area contributed by atoms with Crippen molar-refractivity contribution in [1.82, 2.24) is 15.1 Å². The number of urea groups is 1. The van der Waals surface area contributed by atoms with E-state index in [1.807, 2.05) is 24.3 Å². The summed E-state index contributed by atoms with van der Waals surface area (Å²) in [6.45, 7) is 4.43. The van der Waals surface area contributed by atoms with E-state index in [9.17, 15) is 9.90 Å². The number of carbonyl (C=O) groups excluding carboxylic acids is 1. The fourth-order valence-corrected chi connectivity index (χ4v) is 3.96. The number of benzene rings is 1. The van der Waals surface area contributed by atoms with Crippen LogP contribution in [0.4, 0.5) is 9.93 Å². The summed E-state index contributed by atoms with van der Waals surface area (Å²) < 4.78 is 7.15. The lowest BCUT2D eigenvalue weighted by molar-refractivity contribution is 0.140. The Morgan fingerprint density at radius 1 is 1.38 bits per heavy atom. The number of ether oxygens (including phenoxy) is 1. The van der Waals surface area contributed by atoms with Gasteiger partial charge in [0, 0.05) is 11.5 Å². The Bertz CT molecular complexity index is 770. The van der Waals surface area contributed by atoms with Crippen molar-refractivity contribution >= 4 is 38.4 Å². The average molecular weight is 441 g/mol. The summed E-state index contributed by atoms with van der Waals surface area (Å²) in [5.41, 5.74) is 0. The number of hydrogen-bond acceptors (Lipinski definition) is 6. The highest BCUT2D eigenvalue weighted by Gasteiger charge is 2.38. The van der Waals surface area contributed by atoms with Crippen molar-refractivity contribution in [3.05, 3.63) is 33.7 Å². The summed E-state index contributed by atoms with van der Waals surface area (Å²) in [6.07, 6.45) is -0.285. The molecule has 2 aromatic rings. The molecule has 1 saturated heterocycles. The molecule has 1 N–H and O–H groups in total. The second-order valence-corrected chi connectivity index (χ2v) is 8.22. The molecule has 3 atom stereocenters. The minimum absolute atomic E-state index is 0.210. The van der Waals surface area contributed by atoms with Gasteiger partial charge in [0.1, 0.15) is 5.75 Å². The van der Waals surface area contributed by atoms with Crippen LogP contribution in [0.15, 0.2) is 28.7 Å². The zero-order chi connectivity index (χ0) is 18.8. The van der Waals surface area contributed by atoms with E-state index in [0.29, 0.717) is 10.1 Å². The van der Waals surface area contributed by atoms with Gasteiger partial charge in [-0.15, -0.1) is 10.2 Å². The first kappa shape index (κ1) is 19.1. The quantitative estimate of drug-likeness (QED) is 0.741. The molecule has 140 valence electrons. The molecule has 1 aliphatic heterocycles. The molecule has 2 heterocycles. The Morgan fingerprint density at radius 2 is 2.08 bits per heavy atom. The van der Waals surface area contributed by atoms with E-state index in [0.717, 1.165) is 16.6 Å². The number of amides is 2. The summed E-state index contributed by atoms with van der Waals surface area (Å²) in [7, 11) is 1.64. The number of aromatic nitrogens is 2. The van der Waals surface area contributed by atoms with Gasteiger partial charge in [-0.1, -0.05) is 41.1 Å². The largest absolute Gasteiger partial charge is 0.483 e. The van der Waals surface area contributed by atoms with E-state index in [2.05, 4.69) is 40.0 Å². The van der Waals surface area contributed by atoms with Crippen LogP contribution in [-0.2, 0) is 0 Å². The SMILES string of the molecule is CCC(C)C(Oc1ccc(Br)cc1)c1nnc(N2C(=O)N(C)CC2O)s1. The number of aliphatic hydroxyl groups is 1. The van der Waals surface area contributed by atoms with Gasteiger partial charge in [-0.25, -0.2) is 9.69 Å². The van der Waals surface area contributed by atoms with E-state index < -0.39 is 6.23 Å². The zero-order valence-corrected chi connectivity index (χ0v) is 17.2. The first-order valence-electron chi connectivity index (χ1n) is 8.38. The minimum Gasteiger partial charge on any atom is -0.483 e.